The lowest BCUT2D eigenvalue weighted by Gasteiger charge is -2.21. The molecule has 0 aromatic heterocycles. The molecule has 0 aliphatic carbocycles. The van der Waals surface area contributed by atoms with Gasteiger partial charge in [0.25, 0.3) is 0 Å². The van der Waals surface area contributed by atoms with Gasteiger partial charge in [0.1, 0.15) is 19.3 Å². The molecule has 0 saturated heterocycles. The van der Waals surface area contributed by atoms with E-state index >= 15 is 0 Å². The van der Waals surface area contributed by atoms with Gasteiger partial charge in [0, 0.05) is 25.7 Å². The molecule has 17 nitrogen and oxygen atoms in total. The second kappa shape index (κ2) is 62.0. The summed E-state index contributed by atoms with van der Waals surface area (Å²) < 4.78 is 68.0. The van der Waals surface area contributed by atoms with Crippen LogP contribution in [0.25, 0.3) is 0 Å². The van der Waals surface area contributed by atoms with Crippen LogP contribution in [0.1, 0.15) is 330 Å². The Labute approximate surface area is 535 Å². The van der Waals surface area contributed by atoms with Crippen LogP contribution < -0.4 is 0 Å². The van der Waals surface area contributed by atoms with Crippen LogP contribution in [0, 0.1) is 5.92 Å². The predicted molar refractivity (Wildman–Crippen MR) is 354 cm³/mol. The number of rotatable bonds is 67. The van der Waals surface area contributed by atoms with Crippen molar-refractivity contribution in [1.82, 2.24) is 0 Å². The van der Waals surface area contributed by atoms with E-state index in [0.717, 1.165) is 128 Å². The molecule has 88 heavy (non-hydrogen) atoms. The number of hydrogen-bond acceptors (Lipinski definition) is 15. The average Bonchev–Trinajstić information content (AvgIpc) is 3.71. The molecule has 2 unspecified atom stereocenters. The molecule has 5 atom stereocenters. The molecule has 0 aromatic rings. The molecule has 19 heteroatoms. The van der Waals surface area contributed by atoms with E-state index in [2.05, 4.69) is 58.9 Å². The molecule has 0 radical (unpaired) electrons. The highest BCUT2D eigenvalue weighted by Gasteiger charge is 2.30. The minimum Gasteiger partial charge on any atom is -0.462 e. The molecule has 0 heterocycles. The maximum absolute atomic E-state index is 13.0. The van der Waals surface area contributed by atoms with Gasteiger partial charge in [-0.3, -0.25) is 37.3 Å². The van der Waals surface area contributed by atoms with Gasteiger partial charge in [-0.2, -0.15) is 0 Å². The van der Waals surface area contributed by atoms with Gasteiger partial charge in [0.15, 0.2) is 12.2 Å². The van der Waals surface area contributed by atoms with Crippen molar-refractivity contribution in [3.63, 3.8) is 0 Å². The maximum atomic E-state index is 13.0. The Morgan fingerprint density at radius 2 is 0.614 bits per heavy atom. The van der Waals surface area contributed by atoms with Gasteiger partial charge in [-0.1, -0.05) is 277 Å². The van der Waals surface area contributed by atoms with Crippen LogP contribution in [0.3, 0.4) is 0 Å². The van der Waals surface area contributed by atoms with Crippen molar-refractivity contribution < 1.29 is 80.2 Å². The fourth-order valence-corrected chi connectivity index (χ4v) is 11.5. The van der Waals surface area contributed by atoms with Gasteiger partial charge in [-0.15, -0.1) is 0 Å². The van der Waals surface area contributed by atoms with Crippen LogP contribution in [0.4, 0.5) is 0 Å². The lowest BCUT2D eigenvalue weighted by molar-refractivity contribution is -0.161. The number of unbranched alkanes of at least 4 members (excludes halogenated alkanes) is 36. The summed E-state index contributed by atoms with van der Waals surface area (Å²) in [6.07, 6.45) is 50.9. The van der Waals surface area contributed by atoms with Gasteiger partial charge in [0.05, 0.1) is 26.4 Å². The molecule has 0 spiro atoms. The number of ether oxygens (including phenoxy) is 4. The first-order chi connectivity index (χ1) is 42.5. The van der Waals surface area contributed by atoms with Crippen LogP contribution in [0.5, 0.6) is 0 Å². The quantitative estimate of drug-likeness (QED) is 0.0169. The summed E-state index contributed by atoms with van der Waals surface area (Å²) >= 11 is 0. The predicted octanol–water partition coefficient (Wildman–Crippen LogP) is 19.3. The van der Waals surface area contributed by atoms with Crippen molar-refractivity contribution in [3.05, 3.63) is 24.3 Å². The van der Waals surface area contributed by atoms with E-state index < -0.39 is 97.5 Å². The Hall–Kier alpha value is -2.46. The number of esters is 4. The number of carbonyl (C=O) groups is 4. The van der Waals surface area contributed by atoms with Gasteiger partial charge >= 0.3 is 39.5 Å². The molecule has 0 rings (SSSR count). The van der Waals surface area contributed by atoms with Crippen LogP contribution in [-0.2, 0) is 65.4 Å². The molecular weight excluding hydrogens is 1160 g/mol. The number of phosphoric ester groups is 2. The van der Waals surface area contributed by atoms with Crippen LogP contribution in [0.2, 0.25) is 0 Å². The molecule has 0 fully saturated rings. The standard InChI is InChI=1S/C69H130O17P2/c1-6-9-12-15-18-20-21-22-23-27-30-34-38-43-48-53-67(72)80-59-65(86-69(74)55-50-45-40-35-31-28-25-24-26-29-33-37-41-46-51-62(4)5)61-84-88(77,78)82-57-63(70)56-81-87(75,76)83-60-64(58-79-66(71)52-47-42-36-17-14-11-8-3)85-68(73)54-49-44-39-32-19-16-13-10-7-2/h20-23,62-65,70H,6-19,24-61H2,1-5H3,(H,75,76)(H,77,78)/b21-20-,23-22-/t63-,64+,65+/m0/s1. The first-order valence-corrected chi connectivity index (χ1v) is 38.4. The summed E-state index contributed by atoms with van der Waals surface area (Å²) in [6, 6.07) is 0. The fourth-order valence-electron chi connectivity index (χ4n) is 9.93. The molecule has 0 aromatic carbocycles. The normalized spacial score (nSPS) is 14.3. The molecule has 0 bridgehead atoms. The number of aliphatic hydroxyl groups is 1. The summed E-state index contributed by atoms with van der Waals surface area (Å²) in [5.74, 6) is -1.37. The van der Waals surface area contributed by atoms with Crippen LogP contribution >= 0.6 is 15.6 Å². The van der Waals surface area contributed by atoms with E-state index in [0.29, 0.717) is 25.7 Å². The van der Waals surface area contributed by atoms with Gasteiger partial charge in [-0.05, 0) is 57.3 Å². The lowest BCUT2D eigenvalue weighted by atomic mass is 10.0. The number of phosphoric acid groups is 2. The van der Waals surface area contributed by atoms with Crippen molar-refractivity contribution in [2.24, 2.45) is 5.92 Å². The number of hydrogen-bond donors (Lipinski definition) is 3. The molecule has 0 aliphatic heterocycles. The average molecular weight is 1290 g/mol. The summed E-state index contributed by atoms with van der Waals surface area (Å²) in [7, 11) is -9.90. The molecule has 518 valence electrons. The highest BCUT2D eigenvalue weighted by Crippen LogP contribution is 2.45. The zero-order valence-corrected chi connectivity index (χ0v) is 58.1. The van der Waals surface area contributed by atoms with Crippen LogP contribution in [0.15, 0.2) is 24.3 Å². The third kappa shape index (κ3) is 62.4. The minimum atomic E-state index is -4.96. The second-order valence-electron chi connectivity index (χ2n) is 24.7. The Morgan fingerprint density at radius 3 is 0.932 bits per heavy atom. The summed E-state index contributed by atoms with van der Waals surface area (Å²) in [4.78, 5) is 72.3. The van der Waals surface area contributed by atoms with Crippen molar-refractivity contribution in [2.75, 3.05) is 39.6 Å². The summed E-state index contributed by atoms with van der Waals surface area (Å²) in [6.45, 7) is 7.13. The van der Waals surface area contributed by atoms with E-state index in [9.17, 15) is 43.2 Å². The first kappa shape index (κ1) is 85.5. The SMILES string of the molecule is CCCCCC/C=C\C=C/CCCCCCCC(=O)OC[C@H](COP(=O)(O)OC[C@@H](O)COP(=O)(O)OC[C@@H](COC(=O)CCCCCCCCC)OC(=O)CCCCCCCCCCC)OC(=O)CCCCCCCCCCCCCCCCC(C)C. The highest BCUT2D eigenvalue weighted by molar-refractivity contribution is 7.47. The van der Waals surface area contributed by atoms with Gasteiger partial charge < -0.3 is 33.8 Å². The van der Waals surface area contributed by atoms with Gasteiger partial charge in [0.2, 0.25) is 0 Å². The Balaban J connectivity index is 5.22. The van der Waals surface area contributed by atoms with E-state index in [1.165, 1.54) is 122 Å². The first-order valence-electron chi connectivity index (χ1n) is 35.5. The molecule has 3 N–H and O–H groups in total. The topological polar surface area (TPSA) is 237 Å². The smallest absolute Gasteiger partial charge is 0.462 e. The number of allylic oxidation sites excluding steroid dienone is 4. The maximum Gasteiger partial charge on any atom is 0.472 e. The zero-order valence-electron chi connectivity index (χ0n) is 56.3. The monoisotopic (exact) mass is 1290 g/mol. The Bertz CT molecular complexity index is 1800. The van der Waals surface area contributed by atoms with Crippen molar-refractivity contribution in [1.29, 1.82) is 0 Å². The minimum absolute atomic E-state index is 0.101. The van der Waals surface area contributed by atoms with Gasteiger partial charge in [-0.25, -0.2) is 9.13 Å². The number of aliphatic hydroxyl groups excluding tert-OH is 1. The fraction of sp³-hybridized carbons (Fsp3) is 0.884. The van der Waals surface area contributed by atoms with Crippen molar-refractivity contribution >= 4 is 39.5 Å². The zero-order chi connectivity index (χ0) is 64.9. The summed E-state index contributed by atoms with van der Waals surface area (Å²) in [5.41, 5.74) is 0. The van der Waals surface area contributed by atoms with E-state index in [1.807, 2.05) is 0 Å². The van der Waals surface area contributed by atoms with Crippen LogP contribution in [-0.4, -0.2) is 96.7 Å². The summed E-state index contributed by atoms with van der Waals surface area (Å²) in [5, 5.41) is 10.5. The van der Waals surface area contributed by atoms with Crippen molar-refractivity contribution in [2.45, 2.75) is 348 Å². The van der Waals surface area contributed by atoms with Crippen molar-refractivity contribution in [3.8, 4) is 0 Å². The molecule has 0 amide bonds. The molecule has 0 aliphatic rings. The largest absolute Gasteiger partial charge is 0.472 e. The molecule has 0 saturated carbocycles. The third-order valence-electron chi connectivity index (χ3n) is 15.4. The van der Waals surface area contributed by atoms with E-state index in [1.54, 1.807) is 0 Å². The lowest BCUT2D eigenvalue weighted by Crippen LogP contribution is -2.30. The van der Waals surface area contributed by atoms with E-state index in [-0.39, 0.29) is 25.7 Å². The Morgan fingerprint density at radius 1 is 0.352 bits per heavy atom. The van der Waals surface area contributed by atoms with E-state index in [4.69, 9.17) is 37.0 Å². The third-order valence-corrected chi connectivity index (χ3v) is 17.3. The molecular formula is C69H130O17P2. The Kier molecular flexibility index (Phi) is 60.3. The second-order valence-corrected chi connectivity index (χ2v) is 27.6. The highest BCUT2D eigenvalue weighted by atomic mass is 31.2. The number of carbonyl (C=O) groups excluding carboxylic acids is 4.